The van der Waals surface area contributed by atoms with Gasteiger partial charge in [0.15, 0.2) is 0 Å². The van der Waals surface area contributed by atoms with Crippen molar-refractivity contribution >= 4 is 9.84 Å². The van der Waals surface area contributed by atoms with E-state index in [9.17, 15) is 12.8 Å². The predicted octanol–water partition coefficient (Wildman–Crippen LogP) is 2.34. The van der Waals surface area contributed by atoms with Crippen LogP contribution in [0.5, 0.6) is 0 Å². The quantitative estimate of drug-likeness (QED) is 0.798. The fourth-order valence-electron chi connectivity index (χ4n) is 2.10. The average Bonchev–Trinajstić information content (AvgIpc) is 2.35. The Morgan fingerprint density at radius 1 is 1.21 bits per heavy atom. The van der Waals surface area contributed by atoms with Crippen LogP contribution in [0.1, 0.15) is 31.2 Å². The summed E-state index contributed by atoms with van der Waals surface area (Å²) in [5, 5.41) is 3.06. The molecule has 0 amide bonds. The molecule has 1 rings (SSSR count). The Morgan fingerprint density at radius 2 is 1.84 bits per heavy atom. The fourth-order valence-corrected chi connectivity index (χ4v) is 3.57. The number of hydrogen-bond donors (Lipinski definition) is 1. The van der Waals surface area contributed by atoms with Gasteiger partial charge in [-0.15, -0.1) is 0 Å². The molecule has 0 aromatic heterocycles. The number of hydrogen-bond acceptors (Lipinski definition) is 3. The number of halogens is 1. The highest BCUT2D eigenvalue weighted by Crippen LogP contribution is 2.20. The van der Waals surface area contributed by atoms with Gasteiger partial charge in [0.1, 0.15) is 15.7 Å². The molecule has 0 saturated carbocycles. The third-order valence-corrected chi connectivity index (χ3v) is 4.97. The maximum atomic E-state index is 12.9. The highest BCUT2D eigenvalue weighted by molar-refractivity contribution is 7.91. The van der Waals surface area contributed by atoms with E-state index in [2.05, 4.69) is 5.32 Å². The lowest BCUT2D eigenvalue weighted by Crippen LogP contribution is -2.21. The highest BCUT2D eigenvalue weighted by atomic mass is 32.2. The lowest BCUT2D eigenvalue weighted by atomic mass is 9.96. The zero-order chi connectivity index (χ0) is 14.3. The Kier molecular flexibility index (Phi) is 6.45. The molecule has 0 saturated heterocycles. The monoisotopic (exact) mass is 287 g/mol. The number of sulfone groups is 1. The van der Waals surface area contributed by atoms with Gasteiger partial charge in [-0.3, -0.25) is 0 Å². The molecular weight excluding hydrogens is 265 g/mol. The third kappa shape index (κ3) is 5.70. The topological polar surface area (TPSA) is 46.2 Å². The number of nitrogens with one attached hydrogen (secondary N) is 1. The number of benzene rings is 1. The first kappa shape index (κ1) is 16.1. The van der Waals surface area contributed by atoms with Crippen LogP contribution in [0.4, 0.5) is 4.39 Å². The molecule has 0 spiro atoms. The fraction of sp³-hybridized carbons (Fsp3) is 0.571. The summed E-state index contributed by atoms with van der Waals surface area (Å²) in [6.45, 7) is 2.55. The summed E-state index contributed by atoms with van der Waals surface area (Å²) < 4.78 is 36.4. The van der Waals surface area contributed by atoms with E-state index in [0.29, 0.717) is 19.4 Å². The van der Waals surface area contributed by atoms with Crippen LogP contribution in [-0.4, -0.2) is 33.5 Å². The van der Waals surface area contributed by atoms with Crippen molar-refractivity contribution in [3.8, 4) is 0 Å². The lowest BCUT2D eigenvalue weighted by molar-refractivity contribution is 0.571. The Bertz CT molecular complexity index is 471. The van der Waals surface area contributed by atoms with Crippen LogP contribution in [-0.2, 0) is 9.84 Å². The average molecular weight is 287 g/mol. The van der Waals surface area contributed by atoms with Crippen molar-refractivity contribution in [3.05, 3.63) is 35.6 Å². The van der Waals surface area contributed by atoms with E-state index in [0.717, 1.165) is 5.56 Å². The van der Waals surface area contributed by atoms with E-state index in [-0.39, 0.29) is 23.2 Å². The first-order chi connectivity index (χ1) is 8.98. The van der Waals surface area contributed by atoms with E-state index >= 15 is 0 Å². The van der Waals surface area contributed by atoms with Gasteiger partial charge in [-0.2, -0.15) is 0 Å². The molecule has 0 fully saturated rings. The second-order valence-corrected chi connectivity index (χ2v) is 7.05. The molecule has 108 valence electrons. The number of likely N-dealkylation sites (N-methyl/N-ethyl adjacent to an activating group) is 1. The van der Waals surface area contributed by atoms with Gasteiger partial charge in [-0.05, 0) is 43.5 Å². The second-order valence-electron chi connectivity index (χ2n) is 4.75. The van der Waals surface area contributed by atoms with Crippen molar-refractivity contribution in [1.82, 2.24) is 5.32 Å². The number of rotatable bonds is 8. The van der Waals surface area contributed by atoms with Gasteiger partial charge in [0.05, 0.1) is 5.75 Å². The van der Waals surface area contributed by atoms with Gasteiger partial charge in [0.2, 0.25) is 0 Å². The first-order valence-electron chi connectivity index (χ1n) is 6.59. The largest absolute Gasteiger partial charge is 0.319 e. The standard InChI is InChI=1S/C14H22FNO2S/c1-3-9-19(17,18)10-8-13(11-16-2)12-4-6-14(15)7-5-12/h4-7,13,16H,3,8-11H2,1-2H3. The summed E-state index contributed by atoms with van der Waals surface area (Å²) in [7, 11) is -1.13. The Labute approximate surface area is 115 Å². The molecule has 1 N–H and O–H groups in total. The maximum absolute atomic E-state index is 12.9. The van der Waals surface area contributed by atoms with E-state index in [1.54, 1.807) is 12.1 Å². The summed E-state index contributed by atoms with van der Waals surface area (Å²) in [6, 6.07) is 6.28. The molecule has 0 radical (unpaired) electrons. The SMILES string of the molecule is CCCS(=O)(=O)CCC(CNC)c1ccc(F)cc1. The van der Waals surface area contributed by atoms with Crippen molar-refractivity contribution < 1.29 is 12.8 Å². The maximum Gasteiger partial charge on any atom is 0.150 e. The van der Waals surface area contributed by atoms with Crippen LogP contribution in [0.2, 0.25) is 0 Å². The summed E-state index contributed by atoms with van der Waals surface area (Å²) in [5.41, 5.74) is 0.974. The highest BCUT2D eigenvalue weighted by Gasteiger charge is 2.16. The van der Waals surface area contributed by atoms with Crippen molar-refractivity contribution in [1.29, 1.82) is 0 Å². The van der Waals surface area contributed by atoms with Crippen LogP contribution >= 0.6 is 0 Å². The molecule has 5 heteroatoms. The summed E-state index contributed by atoms with van der Waals surface area (Å²) in [6.07, 6.45) is 1.21. The zero-order valence-electron chi connectivity index (χ0n) is 11.5. The molecule has 0 heterocycles. The molecule has 1 aromatic carbocycles. The van der Waals surface area contributed by atoms with Crippen molar-refractivity contribution in [2.45, 2.75) is 25.7 Å². The summed E-state index contributed by atoms with van der Waals surface area (Å²) >= 11 is 0. The molecule has 1 unspecified atom stereocenters. The van der Waals surface area contributed by atoms with Crippen molar-refractivity contribution in [2.24, 2.45) is 0 Å². The van der Waals surface area contributed by atoms with Crippen molar-refractivity contribution in [3.63, 3.8) is 0 Å². The molecular formula is C14H22FNO2S. The van der Waals surface area contributed by atoms with Crippen LogP contribution in [0, 0.1) is 5.82 Å². The van der Waals surface area contributed by atoms with Crippen LogP contribution in [0.3, 0.4) is 0 Å². The third-order valence-electron chi connectivity index (χ3n) is 3.08. The second kappa shape index (κ2) is 7.60. The Balaban J connectivity index is 2.70. The van der Waals surface area contributed by atoms with Crippen LogP contribution in [0.15, 0.2) is 24.3 Å². The van der Waals surface area contributed by atoms with E-state index in [1.807, 2.05) is 14.0 Å². The molecule has 0 bridgehead atoms. The van der Waals surface area contributed by atoms with E-state index in [1.165, 1.54) is 12.1 Å². The van der Waals surface area contributed by atoms with Gasteiger partial charge in [-0.1, -0.05) is 19.1 Å². The molecule has 0 aliphatic heterocycles. The first-order valence-corrected chi connectivity index (χ1v) is 8.41. The van der Waals surface area contributed by atoms with Crippen LogP contribution < -0.4 is 5.32 Å². The Hall–Kier alpha value is -0.940. The lowest BCUT2D eigenvalue weighted by Gasteiger charge is -2.17. The summed E-state index contributed by atoms with van der Waals surface area (Å²) in [5.74, 6) is 0.246. The zero-order valence-corrected chi connectivity index (χ0v) is 12.3. The van der Waals surface area contributed by atoms with Crippen molar-refractivity contribution in [2.75, 3.05) is 25.1 Å². The van der Waals surface area contributed by atoms with Gasteiger partial charge >= 0.3 is 0 Å². The molecule has 3 nitrogen and oxygen atoms in total. The van der Waals surface area contributed by atoms with Gasteiger partial charge in [0.25, 0.3) is 0 Å². The van der Waals surface area contributed by atoms with Gasteiger partial charge < -0.3 is 5.32 Å². The normalized spacial score (nSPS) is 13.4. The molecule has 0 aliphatic carbocycles. The van der Waals surface area contributed by atoms with E-state index in [4.69, 9.17) is 0 Å². The molecule has 1 aromatic rings. The van der Waals surface area contributed by atoms with E-state index < -0.39 is 9.84 Å². The van der Waals surface area contributed by atoms with Gasteiger partial charge in [-0.25, -0.2) is 12.8 Å². The van der Waals surface area contributed by atoms with Crippen LogP contribution in [0.25, 0.3) is 0 Å². The minimum absolute atomic E-state index is 0.0947. The minimum Gasteiger partial charge on any atom is -0.319 e. The Morgan fingerprint density at radius 3 is 2.37 bits per heavy atom. The predicted molar refractivity (Wildman–Crippen MR) is 76.6 cm³/mol. The smallest absolute Gasteiger partial charge is 0.150 e. The molecule has 0 aliphatic rings. The minimum atomic E-state index is -2.96. The molecule has 1 atom stereocenters. The van der Waals surface area contributed by atoms with Gasteiger partial charge in [0, 0.05) is 12.3 Å². The summed E-state index contributed by atoms with van der Waals surface area (Å²) in [4.78, 5) is 0. The molecule has 19 heavy (non-hydrogen) atoms.